The highest BCUT2D eigenvalue weighted by atomic mass is 35.5. The average molecular weight is 391 g/mol. The zero-order valence-corrected chi connectivity index (χ0v) is 15.2. The Hall–Kier alpha value is -0.890. The lowest BCUT2D eigenvalue weighted by Gasteiger charge is -2.35. The predicted octanol–water partition coefficient (Wildman–Crippen LogP) is 3.45. The van der Waals surface area contributed by atoms with E-state index in [1.54, 1.807) is 18.2 Å². The number of nitrogens with zero attached hydrogens (tertiary/aromatic N) is 1. The summed E-state index contributed by atoms with van der Waals surface area (Å²) < 4.78 is 49.3. The third-order valence-corrected chi connectivity index (χ3v) is 3.81. The summed E-state index contributed by atoms with van der Waals surface area (Å²) in [6.07, 6.45) is -5.09. The van der Waals surface area contributed by atoms with Gasteiger partial charge in [0, 0.05) is 32.2 Å². The van der Waals surface area contributed by atoms with Gasteiger partial charge in [-0.1, -0.05) is 6.07 Å². The highest BCUT2D eigenvalue weighted by Gasteiger charge is 2.36. The van der Waals surface area contributed by atoms with Crippen LogP contribution in [-0.4, -0.2) is 51.5 Å². The first-order chi connectivity index (χ1) is 10.4. The van der Waals surface area contributed by atoms with Crippen LogP contribution in [0.1, 0.15) is 18.0 Å². The maximum absolute atomic E-state index is 13.0. The van der Waals surface area contributed by atoms with Crippen molar-refractivity contribution in [2.45, 2.75) is 18.6 Å². The largest absolute Gasteiger partial charge is 0.493 e. The minimum atomic E-state index is -4.22. The first-order valence-electron chi connectivity index (χ1n) is 7.18. The van der Waals surface area contributed by atoms with Crippen LogP contribution in [0.25, 0.3) is 0 Å². The molecule has 1 fully saturated rings. The molecule has 2 rings (SSSR count). The van der Waals surface area contributed by atoms with Crippen molar-refractivity contribution in [1.29, 1.82) is 0 Å². The summed E-state index contributed by atoms with van der Waals surface area (Å²) in [7, 11) is 2.98. The topological polar surface area (TPSA) is 33.7 Å². The third kappa shape index (κ3) is 6.20. The molecule has 1 heterocycles. The van der Waals surface area contributed by atoms with Gasteiger partial charge in [0.25, 0.3) is 0 Å². The molecule has 24 heavy (non-hydrogen) atoms. The minimum absolute atomic E-state index is 0. The summed E-state index contributed by atoms with van der Waals surface area (Å²) in [5.41, 5.74) is 0.594. The molecule has 1 aromatic carbocycles. The molecule has 0 saturated carbocycles. The quantitative estimate of drug-likeness (QED) is 0.834. The maximum atomic E-state index is 13.0. The Morgan fingerprint density at radius 1 is 1.08 bits per heavy atom. The lowest BCUT2D eigenvalue weighted by atomic mass is 10.00. The van der Waals surface area contributed by atoms with Crippen LogP contribution in [-0.2, 0) is 0 Å². The van der Waals surface area contributed by atoms with Gasteiger partial charge in [-0.05, 0) is 17.7 Å². The van der Waals surface area contributed by atoms with Gasteiger partial charge >= 0.3 is 6.18 Å². The number of alkyl halides is 3. The molecule has 1 aromatic rings. The van der Waals surface area contributed by atoms with Gasteiger partial charge in [-0.15, -0.1) is 24.8 Å². The van der Waals surface area contributed by atoms with Gasteiger partial charge in [0.15, 0.2) is 11.5 Å². The number of rotatable bonds is 5. The number of nitrogens with one attached hydrogen (secondary N) is 1. The summed E-state index contributed by atoms with van der Waals surface area (Å²) in [4.78, 5) is 1.87. The summed E-state index contributed by atoms with van der Waals surface area (Å²) in [6, 6.07) is 4.26. The van der Waals surface area contributed by atoms with E-state index in [9.17, 15) is 13.2 Å². The zero-order chi connectivity index (χ0) is 16.2. The van der Waals surface area contributed by atoms with Crippen molar-refractivity contribution < 1.29 is 22.6 Å². The van der Waals surface area contributed by atoms with Gasteiger partial charge in [0.05, 0.1) is 20.6 Å². The summed E-state index contributed by atoms with van der Waals surface area (Å²) in [5, 5.41) is 3.16. The van der Waals surface area contributed by atoms with Crippen molar-refractivity contribution in [3.63, 3.8) is 0 Å². The van der Waals surface area contributed by atoms with E-state index in [4.69, 9.17) is 9.47 Å². The molecule has 1 aliphatic rings. The number of piperazine rings is 1. The molecular formula is C15H23Cl2F3N2O2. The number of halogens is 5. The number of hydrogen-bond acceptors (Lipinski definition) is 4. The molecule has 0 aliphatic carbocycles. The summed E-state index contributed by atoms with van der Waals surface area (Å²) >= 11 is 0. The molecule has 1 atom stereocenters. The average Bonchev–Trinajstić information content (AvgIpc) is 2.52. The van der Waals surface area contributed by atoms with E-state index in [0.29, 0.717) is 43.2 Å². The Morgan fingerprint density at radius 3 is 2.17 bits per heavy atom. The van der Waals surface area contributed by atoms with Gasteiger partial charge in [-0.25, -0.2) is 0 Å². The summed E-state index contributed by atoms with van der Waals surface area (Å²) in [5.74, 6) is 0.958. The van der Waals surface area contributed by atoms with Crippen molar-refractivity contribution in [3.8, 4) is 11.5 Å². The smallest absolute Gasteiger partial charge is 0.390 e. The molecule has 140 valence electrons. The molecule has 0 bridgehead atoms. The second-order valence-corrected chi connectivity index (χ2v) is 5.24. The number of ether oxygens (including phenoxy) is 2. The van der Waals surface area contributed by atoms with Crippen molar-refractivity contribution in [2.75, 3.05) is 40.4 Å². The van der Waals surface area contributed by atoms with E-state index in [1.807, 2.05) is 4.90 Å². The summed E-state index contributed by atoms with van der Waals surface area (Å²) in [6.45, 7) is 2.58. The van der Waals surface area contributed by atoms with Gasteiger partial charge in [-0.2, -0.15) is 13.2 Å². The molecule has 0 radical (unpaired) electrons. The van der Waals surface area contributed by atoms with Gasteiger partial charge in [-0.3, -0.25) is 4.90 Å². The Labute approximate surface area is 152 Å². The van der Waals surface area contributed by atoms with Crippen LogP contribution in [0.5, 0.6) is 11.5 Å². The Kier molecular flexibility index (Phi) is 9.80. The van der Waals surface area contributed by atoms with E-state index in [1.165, 1.54) is 14.2 Å². The van der Waals surface area contributed by atoms with Crippen LogP contribution in [0.4, 0.5) is 13.2 Å². The third-order valence-electron chi connectivity index (χ3n) is 3.81. The van der Waals surface area contributed by atoms with Crippen LogP contribution in [0.15, 0.2) is 18.2 Å². The molecular weight excluding hydrogens is 368 g/mol. The van der Waals surface area contributed by atoms with Crippen LogP contribution in [0.3, 0.4) is 0 Å². The SMILES string of the molecule is COc1ccc([C@@H](CC(F)(F)F)N2CCNCC2)cc1OC.Cl.Cl. The molecule has 9 heteroatoms. The molecule has 0 unspecified atom stereocenters. The van der Waals surface area contributed by atoms with Gasteiger partial charge in [0.1, 0.15) is 0 Å². The fourth-order valence-corrected chi connectivity index (χ4v) is 2.73. The molecule has 0 amide bonds. The van der Waals surface area contributed by atoms with Gasteiger partial charge in [0.2, 0.25) is 0 Å². The minimum Gasteiger partial charge on any atom is -0.493 e. The zero-order valence-electron chi connectivity index (χ0n) is 13.6. The van der Waals surface area contributed by atoms with E-state index < -0.39 is 18.6 Å². The van der Waals surface area contributed by atoms with Crippen LogP contribution in [0, 0.1) is 0 Å². The highest BCUT2D eigenvalue weighted by molar-refractivity contribution is 5.85. The molecule has 4 nitrogen and oxygen atoms in total. The van der Waals surface area contributed by atoms with E-state index in [-0.39, 0.29) is 24.8 Å². The second kappa shape index (κ2) is 10.2. The van der Waals surface area contributed by atoms with Gasteiger partial charge < -0.3 is 14.8 Å². The van der Waals surface area contributed by atoms with E-state index in [0.717, 1.165) is 0 Å². The van der Waals surface area contributed by atoms with Crippen LogP contribution >= 0.6 is 24.8 Å². The van der Waals surface area contributed by atoms with Crippen molar-refractivity contribution in [1.82, 2.24) is 10.2 Å². The van der Waals surface area contributed by atoms with Crippen molar-refractivity contribution in [2.24, 2.45) is 0 Å². The number of methoxy groups -OCH3 is 2. The molecule has 0 spiro atoms. The number of hydrogen-bond donors (Lipinski definition) is 1. The fourth-order valence-electron chi connectivity index (χ4n) is 2.73. The highest BCUT2D eigenvalue weighted by Crippen LogP contribution is 2.37. The monoisotopic (exact) mass is 390 g/mol. The first kappa shape index (κ1) is 23.1. The Balaban J connectivity index is 0.00000264. The predicted molar refractivity (Wildman–Crippen MR) is 91.9 cm³/mol. The molecule has 0 aromatic heterocycles. The number of benzene rings is 1. The second-order valence-electron chi connectivity index (χ2n) is 5.24. The lowest BCUT2D eigenvalue weighted by Crippen LogP contribution is -2.46. The van der Waals surface area contributed by atoms with Crippen molar-refractivity contribution in [3.05, 3.63) is 23.8 Å². The Morgan fingerprint density at radius 2 is 1.67 bits per heavy atom. The maximum Gasteiger partial charge on any atom is 0.390 e. The van der Waals surface area contributed by atoms with Crippen molar-refractivity contribution >= 4 is 24.8 Å². The lowest BCUT2D eigenvalue weighted by molar-refractivity contribution is -0.148. The fraction of sp³-hybridized carbons (Fsp3) is 0.600. The Bertz CT molecular complexity index is 498. The van der Waals surface area contributed by atoms with E-state index >= 15 is 0 Å². The first-order valence-corrected chi connectivity index (χ1v) is 7.18. The normalized spacial score (nSPS) is 16.5. The molecule has 1 aliphatic heterocycles. The molecule has 1 saturated heterocycles. The van der Waals surface area contributed by atoms with E-state index in [2.05, 4.69) is 5.32 Å². The molecule has 1 N–H and O–H groups in total. The van der Waals surface area contributed by atoms with Crippen LogP contribution < -0.4 is 14.8 Å². The standard InChI is InChI=1S/C15H21F3N2O2.2ClH/c1-21-13-4-3-11(9-14(13)22-2)12(10-15(16,17)18)20-7-5-19-6-8-20;;/h3-4,9,12,19H,5-8,10H2,1-2H3;2*1H/t12-;;/m1../s1. The van der Waals surface area contributed by atoms with Crippen LogP contribution in [0.2, 0.25) is 0 Å².